The van der Waals surface area contributed by atoms with Gasteiger partial charge in [0.1, 0.15) is 0 Å². The van der Waals surface area contributed by atoms with Crippen LogP contribution in [0.15, 0.2) is 22.9 Å². The Morgan fingerprint density at radius 1 is 1.36 bits per heavy atom. The van der Waals surface area contributed by atoms with Gasteiger partial charge in [0.05, 0.1) is 23.0 Å². The van der Waals surface area contributed by atoms with Gasteiger partial charge in [0, 0.05) is 0 Å². The normalized spacial score (nSPS) is 10.5. The van der Waals surface area contributed by atoms with Crippen molar-refractivity contribution in [1.82, 2.24) is 9.97 Å². The molecule has 0 aliphatic carbocycles. The number of nitrogens with zero attached hydrogens (tertiary/aromatic N) is 2. The lowest BCUT2D eigenvalue weighted by molar-refractivity contribution is 0.401. The van der Waals surface area contributed by atoms with Crippen LogP contribution >= 0.6 is 27.5 Å². The second kappa shape index (κ2) is 3.71. The Morgan fingerprint density at radius 2 is 2.14 bits per heavy atom. The molecule has 2 rings (SSSR count). The van der Waals surface area contributed by atoms with Crippen molar-refractivity contribution in [2.75, 3.05) is 7.11 Å². The summed E-state index contributed by atoms with van der Waals surface area (Å²) in [5.74, 6) is 0.518. The highest BCUT2D eigenvalue weighted by Gasteiger charge is 2.08. The summed E-state index contributed by atoms with van der Waals surface area (Å²) in [5, 5.41) is 1.40. The van der Waals surface area contributed by atoms with Gasteiger partial charge < -0.3 is 4.74 Å². The van der Waals surface area contributed by atoms with Crippen LogP contribution in [-0.4, -0.2) is 17.1 Å². The molecule has 0 amide bonds. The Hall–Kier alpha value is -0.870. The fourth-order valence-electron chi connectivity index (χ4n) is 1.22. The third kappa shape index (κ3) is 1.55. The largest absolute Gasteiger partial charge is 0.480 e. The molecule has 1 aromatic carbocycles. The van der Waals surface area contributed by atoms with Crippen LogP contribution in [0, 0.1) is 0 Å². The zero-order valence-electron chi connectivity index (χ0n) is 7.29. The van der Waals surface area contributed by atoms with E-state index in [-0.39, 0.29) is 0 Å². The molecule has 72 valence electrons. The summed E-state index contributed by atoms with van der Waals surface area (Å²) in [5.41, 5.74) is 0.688. The van der Waals surface area contributed by atoms with Gasteiger partial charge in [-0.1, -0.05) is 17.7 Å². The molecule has 0 saturated heterocycles. The quantitative estimate of drug-likeness (QED) is 0.749. The second-order valence-electron chi connectivity index (χ2n) is 2.64. The predicted octanol–water partition coefficient (Wildman–Crippen LogP) is 3.05. The molecule has 1 heterocycles. The molecule has 2 aromatic rings. The molecule has 0 aliphatic heterocycles. The van der Waals surface area contributed by atoms with E-state index >= 15 is 0 Å². The van der Waals surface area contributed by atoms with E-state index in [0.717, 1.165) is 5.39 Å². The number of fused-ring (bicyclic) bond motifs is 1. The highest BCUT2D eigenvalue weighted by Crippen LogP contribution is 2.28. The smallest absolute Gasteiger partial charge is 0.225 e. The van der Waals surface area contributed by atoms with Crippen LogP contribution in [0.25, 0.3) is 10.9 Å². The maximum Gasteiger partial charge on any atom is 0.225 e. The lowest BCUT2D eigenvalue weighted by Crippen LogP contribution is -1.93. The zero-order valence-corrected chi connectivity index (χ0v) is 9.63. The highest BCUT2D eigenvalue weighted by molar-refractivity contribution is 9.10. The standard InChI is InChI=1S/C9H6BrClN2O/c1-14-8-5-3-2-4-6(11)7(5)12-9(10)13-8/h2-4H,1H3. The van der Waals surface area contributed by atoms with E-state index in [0.29, 0.717) is 21.2 Å². The SMILES string of the molecule is COc1nc(Br)nc2c(Cl)cccc12. The fraction of sp³-hybridized carbons (Fsp3) is 0.111. The summed E-state index contributed by atoms with van der Waals surface area (Å²) >= 11 is 9.19. The van der Waals surface area contributed by atoms with Crippen LogP contribution in [0.2, 0.25) is 5.02 Å². The van der Waals surface area contributed by atoms with Crippen molar-refractivity contribution >= 4 is 38.4 Å². The maximum atomic E-state index is 5.99. The topological polar surface area (TPSA) is 35.0 Å². The number of para-hydroxylation sites is 1. The Labute approximate surface area is 94.2 Å². The van der Waals surface area contributed by atoms with Crippen LogP contribution in [0.1, 0.15) is 0 Å². The minimum Gasteiger partial charge on any atom is -0.480 e. The molecule has 0 spiro atoms. The molecule has 0 saturated carbocycles. The molecule has 0 unspecified atom stereocenters. The zero-order chi connectivity index (χ0) is 10.1. The number of hydrogen-bond donors (Lipinski definition) is 0. The van der Waals surface area contributed by atoms with Gasteiger partial charge in [-0.2, -0.15) is 4.98 Å². The first-order chi connectivity index (χ1) is 6.72. The Balaban J connectivity index is 2.87. The van der Waals surface area contributed by atoms with Crippen LogP contribution in [0.3, 0.4) is 0 Å². The van der Waals surface area contributed by atoms with E-state index in [1.165, 1.54) is 0 Å². The van der Waals surface area contributed by atoms with E-state index in [9.17, 15) is 0 Å². The molecule has 3 nitrogen and oxygen atoms in total. The van der Waals surface area contributed by atoms with Gasteiger partial charge in [-0.25, -0.2) is 4.98 Å². The first kappa shape index (κ1) is 9.68. The number of methoxy groups -OCH3 is 1. The monoisotopic (exact) mass is 272 g/mol. The van der Waals surface area contributed by atoms with Crippen molar-refractivity contribution in [2.45, 2.75) is 0 Å². The number of halogens is 2. The van der Waals surface area contributed by atoms with Crippen LogP contribution in [0.4, 0.5) is 0 Å². The minimum absolute atomic E-state index is 0.468. The van der Waals surface area contributed by atoms with Gasteiger partial charge in [-0.05, 0) is 28.1 Å². The highest BCUT2D eigenvalue weighted by atomic mass is 79.9. The number of rotatable bonds is 1. The van der Waals surface area contributed by atoms with Gasteiger partial charge in [0.2, 0.25) is 10.6 Å². The summed E-state index contributed by atoms with van der Waals surface area (Å²) in [6.45, 7) is 0. The maximum absolute atomic E-state index is 5.99. The predicted molar refractivity (Wildman–Crippen MR) is 58.8 cm³/mol. The molecule has 0 fully saturated rings. The van der Waals surface area contributed by atoms with Crippen molar-refractivity contribution in [3.63, 3.8) is 0 Å². The molecule has 0 bridgehead atoms. The van der Waals surface area contributed by atoms with Crippen molar-refractivity contribution in [3.8, 4) is 5.88 Å². The Kier molecular flexibility index (Phi) is 2.56. The van der Waals surface area contributed by atoms with E-state index in [1.807, 2.05) is 12.1 Å². The van der Waals surface area contributed by atoms with Crippen molar-refractivity contribution in [3.05, 3.63) is 28.0 Å². The van der Waals surface area contributed by atoms with Crippen LogP contribution in [0.5, 0.6) is 5.88 Å². The number of ether oxygens (including phenoxy) is 1. The van der Waals surface area contributed by atoms with Gasteiger partial charge in [-0.3, -0.25) is 0 Å². The molecular weight excluding hydrogens is 267 g/mol. The number of aromatic nitrogens is 2. The first-order valence-electron chi connectivity index (χ1n) is 3.88. The summed E-state index contributed by atoms with van der Waals surface area (Å²) in [6, 6.07) is 5.49. The second-order valence-corrected chi connectivity index (χ2v) is 3.75. The molecule has 14 heavy (non-hydrogen) atoms. The summed E-state index contributed by atoms with van der Waals surface area (Å²) < 4.78 is 5.59. The average molecular weight is 274 g/mol. The third-order valence-electron chi connectivity index (χ3n) is 1.81. The van der Waals surface area contributed by atoms with E-state index in [2.05, 4.69) is 25.9 Å². The summed E-state index contributed by atoms with van der Waals surface area (Å²) in [6.07, 6.45) is 0. The number of hydrogen-bond acceptors (Lipinski definition) is 3. The average Bonchev–Trinajstić information content (AvgIpc) is 2.18. The molecular formula is C9H6BrClN2O. The molecule has 0 aliphatic rings. The van der Waals surface area contributed by atoms with Crippen molar-refractivity contribution < 1.29 is 4.74 Å². The molecule has 0 radical (unpaired) electrons. The van der Waals surface area contributed by atoms with Gasteiger partial charge in [0.15, 0.2) is 0 Å². The molecule has 0 atom stereocenters. The summed E-state index contributed by atoms with van der Waals surface area (Å²) in [4.78, 5) is 8.26. The van der Waals surface area contributed by atoms with E-state index < -0.39 is 0 Å². The van der Waals surface area contributed by atoms with Crippen molar-refractivity contribution in [2.24, 2.45) is 0 Å². The van der Waals surface area contributed by atoms with Crippen molar-refractivity contribution in [1.29, 1.82) is 0 Å². The van der Waals surface area contributed by atoms with Crippen LogP contribution < -0.4 is 4.74 Å². The van der Waals surface area contributed by atoms with Gasteiger partial charge >= 0.3 is 0 Å². The number of benzene rings is 1. The van der Waals surface area contributed by atoms with Gasteiger partial charge in [0.25, 0.3) is 0 Å². The Morgan fingerprint density at radius 3 is 2.86 bits per heavy atom. The van der Waals surface area contributed by atoms with Crippen LogP contribution in [-0.2, 0) is 0 Å². The molecule has 1 aromatic heterocycles. The minimum atomic E-state index is 0.468. The third-order valence-corrected chi connectivity index (χ3v) is 2.47. The molecule has 5 heteroatoms. The summed E-state index contributed by atoms with van der Waals surface area (Å²) in [7, 11) is 1.56. The fourth-order valence-corrected chi connectivity index (χ4v) is 1.77. The van der Waals surface area contributed by atoms with E-state index in [1.54, 1.807) is 13.2 Å². The van der Waals surface area contributed by atoms with Gasteiger partial charge in [-0.15, -0.1) is 0 Å². The first-order valence-corrected chi connectivity index (χ1v) is 5.05. The lowest BCUT2D eigenvalue weighted by Gasteiger charge is -2.04. The lowest BCUT2D eigenvalue weighted by atomic mass is 10.2. The Bertz CT molecular complexity index is 489. The molecule has 0 N–H and O–H groups in total. The van der Waals surface area contributed by atoms with E-state index in [4.69, 9.17) is 16.3 Å².